The molecule has 2 aliphatic heterocycles. The van der Waals surface area contributed by atoms with Gasteiger partial charge in [0.2, 0.25) is 0 Å². The maximum Gasteiger partial charge on any atom is 0.147 e. The molecular formula is C23H33N5O. The van der Waals surface area contributed by atoms with Crippen LogP contribution in [0.3, 0.4) is 0 Å². The molecule has 1 aromatic heterocycles. The van der Waals surface area contributed by atoms with E-state index in [0.717, 1.165) is 56.4 Å². The third-order valence-corrected chi connectivity index (χ3v) is 6.58. The number of methoxy groups -OCH3 is 1. The molecule has 0 spiro atoms. The van der Waals surface area contributed by atoms with Crippen LogP contribution in [-0.2, 0) is 19.5 Å². The Labute approximate surface area is 174 Å². The van der Waals surface area contributed by atoms with E-state index in [4.69, 9.17) is 14.7 Å². The van der Waals surface area contributed by atoms with Gasteiger partial charge in [-0.3, -0.25) is 4.90 Å². The third kappa shape index (κ3) is 3.83. The van der Waals surface area contributed by atoms with Crippen molar-refractivity contribution >= 4 is 5.82 Å². The molecule has 2 aromatic rings. The van der Waals surface area contributed by atoms with Gasteiger partial charge in [-0.1, -0.05) is 0 Å². The van der Waals surface area contributed by atoms with E-state index in [1.807, 2.05) is 7.05 Å². The molecule has 1 fully saturated rings. The lowest BCUT2D eigenvalue weighted by atomic mass is 9.96. The molecular weight excluding hydrogens is 362 g/mol. The highest BCUT2D eigenvalue weighted by Gasteiger charge is 2.26. The van der Waals surface area contributed by atoms with Crippen molar-refractivity contribution in [3.63, 3.8) is 0 Å². The molecule has 6 heteroatoms. The summed E-state index contributed by atoms with van der Waals surface area (Å²) < 4.78 is 5.54. The van der Waals surface area contributed by atoms with Gasteiger partial charge in [-0.2, -0.15) is 0 Å². The van der Waals surface area contributed by atoms with Crippen LogP contribution >= 0.6 is 0 Å². The lowest BCUT2D eigenvalue weighted by Gasteiger charge is -2.31. The zero-order chi connectivity index (χ0) is 20.5. The van der Waals surface area contributed by atoms with Crippen molar-refractivity contribution in [2.75, 3.05) is 32.6 Å². The number of fused-ring (bicyclic) bond motifs is 1. The van der Waals surface area contributed by atoms with E-state index >= 15 is 0 Å². The second-order valence-corrected chi connectivity index (χ2v) is 8.34. The number of hydrogen-bond acceptors (Lipinski definition) is 6. The number of ether oxygens (including phenoxy) is 1. The quantitative estimate of drug-likeness (QED) is 0.809. The third-order valence-electron chi connectivity index (χ3n) is 6.58. The molecule has 1 saturated heterocycles. The Morgan fingerprint density at radius 1 is 1.24 bits per heavy atom. The van der Waals surface area contributed by atoms with Gasteiger partial charge in [-0.05, 0) is 74.9 Å². The van der Waals surface area contributed by atoms with E-state index in [1.54, 1.807) is 7.11 Å². The molecule has 1 atom stereocenters. The molecule has 0 saturated carbocycles. The topological polar surface area (TPSA) is 62.3 Å². The first kappa shape index (κ1) is 20.1. The highest BCUT2D eigenvalue weighted by Crippen LogP contribution is 2.31. The summed E-state index contributed by atoms with van der Waals surface area (Å²) in [6.07, 6.45) is 3.30. The second kappa shape index (κ2) is 8.28. The first-order valence-electron chi connectivity index (χ1n) is 10.7. The highest BCUT2D eigenvalue weighted by molar-refractivity contribution is 5.49. The van der Waals surface area contributed by atoms with Gasteiger partial charge in [0.1, 0.15) is 17.4 Å². The van der Waals surface area contributed by atoms with E-state index in [9.17, 15) is 0 Å². The Hall–Kier alpha value is -2.18. The molecule has 3 heterocycles. The molecule has 6 nitrogen and oxygen atoms in total. The minimum absolute atomic E-state index is 0.288. The summed E-state index contributed by atoms with van der Waals surface area (Å²) in [5, 5.41) is 6.85. The van der Waals surface area contributed by atoms with E-state index in [1.165, 1.54) is 39.9 Å². The fraction of sp³-hybridized carbons (Fsp3) is 0.565. The Kier molecular flexibility index (Phi) is 5.74. The van der Waals surface area contributed by atoms with Gasteiger partial charge in [-0.25, -0.2) is 9.97 Å². The van der Waals surface area contributed by atoms with Crippen LogP contribution in [0, 0.1) is 20.8 Å². The Morgan fingerprint density at radius 2 is 2.07 bits per heavy atom. The van der Waals surface area contributed by atoms with Crippen molar-refractivity contribution in [1.29, 1.82) is 0 Å². The van der Waals surface area contributed by atoms with Crippen molar-refractivity contribution in [2.45, 2.75) is 59.2 Å². The summed E-state index contributed by atoms with van der Waals surface area (Å²) in [6, 6.07) is 2.46. The largest absolute Gasteiger partial charge is 0.496 e. The fourth-order valence-electron chi connectivity index (χ4n) is 4.68. The molecule has 0 unspecified atom stereocenters. The van der Waals surface area contributed by atoms with Crippen molar-refractivity contribution < 1.29 is 4.74 Å². The number of hydrogen-bond donors (Lipinski definition) is 2. The predicted molar refractivity (Wildman–Crippen MR) is 117 cm³/mol. The molecule has 0 radical (unpaired) electrons. The second-order valence-electron chi connectivity index (χ2n) is 8.34. The lowest BCUT2D eigenvalue weighted by Crippen LogP contribution is -2.33. The Morgan fingerprint density at radius 3 is 2.76 bits per heavy atom. The van der Waals surface area contributed by atoms with Crippen LogP contribution in [-0.4, -0.2) is 42.1 Å². The van der Waals surface area contributed by atoms with Crippen LogP contribution in [0.2, 0.25) is 0 Å². The Bertz CT molecular complexity index is 905. The number of anilines is 1. The number of aromatic nitrogens is 2. The molecule has 2 aliphatic rings. The molecule has 1 aromatic carbocycles. The van der Waals surface area contributed by atoms with Gasteiger partial charge in [-0.15, -0.1) is 0 Å². The van der Waals surface area contributed by atoms with E-state index in [-0.39, 0.29) is 6.04 Å². The minimum Gasteiger partial charge on any atom is -0.496 e. The average molecular weight is 396 g/mol. The van der Waals surface area contributed by atoms with Crippen molar-refractivity contribution in [3.05, 3.63) is 45.4 Å². The standard InChI is InChI=1S/C23H33N5O/c1-14-11-21(29-5)16(3)15(2)18(14)12-28-10-8-17-20(13-28)26-23(27-22(17)24-4)19-7-6-9-25-19/h11,19,25H,6-10,12-13H2,1-5H3,(H,24,26,27)/t19-/m0/s1. The maximum atomic E-state index is 5.54. The summed E-state index contributed by atoms with van der Waals surface area (Å²) in [7, 11) is 3.71. The molecule has 156 valence electrons. The zero-order valence-corrected chi connectivity index (χ0v) is 18.4. The van der Waals surface area contributed by atoms with E-state index in [0.29, 0.717) is 0 Å². The normalized spacial score (nSPS) is 19.3. The first-order chi connectivity index (χ1) is 14.0. The van der Waals surface area contributed by atoms with Gasteiger partial charge in [0.15, 0.2) is 0 Å². The summed E-state index contributed by atoms with van der Waals surface area (Å²) in [5.74, 6) is 2.93. The summed E-state index contributed by atoms with van der Waals surface area (Å²) in [4.78, 5) is 12.4. The molecule has 4 rings (SSSR count). The van der Waals surface area contributed by atoms with Crippen LogP contribution < -0.4 is 15.4 Å². The summed E-state index contributed by atoms with van der Waals surface area (Å²) >= 11 is 0. The van der Waals surface area contributed by atoms with E-state index < -0.39 is 0 Å². The van der Waals surface area contributed by atoms with Crippen LogP contribution in [0.15, 0.2) is 6.07 Å². The van der Waals surface area contributed by atoms with Gasteiger partial charge >= 0.3 is 0 Å². The summed E-state index contributed by atoms with van der Waals surface area (Å²) in [5.41, 5.74) is 7.74. The molecule has 2 N–H and O–H groups in total. The molecule has 0 aliphatic carbocycles. The van der Waals surface area contributed by atoms with Crippen LogP contribution in [0.5, 0.6) is 5.75 Å². The van der Waals surface area contributed by atoms with Crippen LogP contribution in [0.25, 0.3) is 0 Å². The monoisotopic (exact) mass is 395 g/mol. The van der Waals surface area contributed by atoms with Crippen molar-refractivity contribution in [3.8, 4) is 5.75 Å². The number of rotatable bonds is 5. The smallest absolute Gasteiger partial charge is 0.147 e. The van der Waals surface area contributed by atoms with Crippen LogP contribution in [0.4, 0.5) is 5.82 Å². The SMILES string of the molecule is CNc1nc([C@@H]2CCCN2)nc2c1CCN(Cc1c(C)cc(OC)c(C)c1C)C2. The van der Waals surface area contributed by atoms with Crippen molar-refractivity contribution in [1.82, 2.24) is 20.2 Å². The number of nitrogens with one attached hydrogen (secondary N) is 2. The van der Waals surface area contributed by atoms with Crippen LogP contribution in [0.1, 0.15) is 58.2 Å². The number of aryl methyl sites for hydroxylation is 1. The zero-order valence-electron chi connectivity index (χ0n) is 18.4. The number of nitrogens with zero attached hydrogens (tertiary/aromatic N) is 3. The predicted octanol–water partition coefficient (Wildman–Crippen LogP) is 3.43. The minimum atomic E-state index is 0.288. The molecule has 0 bridgehead atoms. The Balaban J connectivity index is 1.60. The lowest BCUT2D eigenvalue weighted by molar-refractivity contribution is 0.239. The van der Waals surface area contributed by atoms with E-state index in [2.05, 4.69) is 42.4 Å². The fourth-order valence-corrected chi connectivity index (χ4v) is 4.68. The number of benzene rings is 1. The maximum absolute atomic E-state index is 5.54. The van der Waals surface area contributed by atoms with Gasteiger partial charge < -0.3 is 15.4 Å². The average Bonchev–Trinajstić information content (AvgIpc) is 3.27. The van der Waals surface area contributed by atoms with Gasteiger partial charge in [0.05, 0.1) is 18.8 Å². The van der Waals surface area contributed by atoms with Crippen molar-refractivity contribution in [2.24, 2.45) is 0 Å². The summed E-state index contributed by atoms with van der Waals surface area (Å²) in [6.45, 7) is 10.4. The highest BCUT2D eigenvalue weighted by atomic mass is 16.5. The first-order valence-corrected chi connectivity index (χ1v) is 10.7. The molecule has 0 amide bonds. The van der Waals surface area contributed by atoms with Gasteiger partial charge in [0, 0.05) is 32.2 Å². The molecule has 29 heavy (non-hydrogen) atoms. The van der Waals surface area contributed by atoms with Gasteiger partial charge in [0.25, 0.3) is 0 Å².